The second-order valence-electron chi connectivity index (χ2n) is 5.41. The Morgan fingerprint density at radius 2 is 1.77 bits per heavy atom. The molecule has 1 saturated carbocycles. The van der Waals surface area contributed by atoms with Crippen molar-refractivity contribution in [2.75, 3.05) is 6.54 Å². The fraction of sp³-hybridized carbons (Fsp3) is 1.00. The fourth-order valence-corrected chi connectivity index (χ4v) is 2.17. The van der Waals surface area contributed by atoms with Gasteiger partial charge in [0, 0.05) is 0 Å². The molecule has 0 aromatic carbocycles. The number of hydrogen-bond donors (Lipinski definition) is 1. The van der Waals surface area contributed by atoms with Crippen molar-refractivity contribution in [1.29, 1.82) is 0 Å². The smallest absolute Gasteiger partial charge is 0.00258 e. The van der Waals surface area contributed by atoms with Crippen LogP contribution in [0.15, 0.2) is 0 Å². The van der Waals surface area contributed by atoms with Crippen molar-refractivity contribution >= 4 is 0 Å². The zero-order valence-corrected chi connectivity index (χ0v) is 9.31. The molecule has 0 heterocycles. The summed E-state index contributed by atoms with van der Waals surface area (Å²) in [6, 6.07) is 0. The van der Waals surface area contributed by atoms with E-state index in [1.54, 1.807) is 0 Å². The van der Waals surface area contributed by atoms with E-state index in [-0.39, 0.29) is 0 Å². The van der Waals surface area contributed by atoms with Gasteiger partial charge in [-0.2, -0.15) is 0 Å². The second-order valence-corrected chi connectivity index (χ2v) is 5.41. The summed E-state index contributed by atoms with van der Waals surface area (Å²) < 4.78 is 0. The molecule has 0 bridgehead atoms. The maximum absolute atomic E-state index is 5.72. The van der Waals surface area contributed by atoms with Gasteiger partial charge in [0.25, 0.3) is 0 Å². The molecule has 0 unspecified atom stereocenters. The van der Waals surface area contributed by atoms with E-state index in [0.717, 1.165) is 12.5 Å². The Bertz CT molecular complexity index is 134. The Labute approximate surface area is 83.1 Å². The van der Waals surface area contributed by atoms with Crippen molar-refractivity contribution in [2.24, 2.45) is 17.1 Å². The molecule has 0 radical (unpaired) electrons. The number of rotatable bonds is 4. The molecular weight excluding hydrogens is 158 g/mol. The topological polar surface area (TPSA) is 26.0 Å². The van der Waals surface area contributed by atoms with Gasteiger partial charge in [0.1, 0.15) is 0 Å². The van der Waals surface area contributed by atoms with Crippen LogP contribution in [0.1, 0.15) is 58.8 Å². The zero-order chi connectivity index (χ0) is 9.73. The molecular formula is C12H25N. The normalized spacial score (nSPS) is 20.5. The van der Waals surface area contributed by atoms with Gasteiger partial charge in [0.2, 0.25) is 0 Å². The van der Waals surface area contributed by atoms with E-state index in [1.165, 1.54) is 44.9 Å². The molecule has 0 atom stereocenters. The van der Waals surface area contributed by atoms with Crippen molar-refractivity contribution in [3.05, 3.63) is 0 Å². The van der Waals surface area contributed by atoms with E-state index in [4.69, 9.17) is 5.73 Å². The van der Waals surface area contributed by atoms with Crippen LogP contribution in [0.25, 0.3) is 0 Å². The molecule has 1 aliphatic rings. The molecule has 2 N–H and O–H groups in total. The SMILES string of the molecule is CC(C)(CN)CCC1CCCCC1. The van der Waals surface area contributed by atoms with Crippen LogP contribution in [-0.4, -0.2) is 6.54 Å². The summed E-state index contributed by atoms with van der Waals surface area (Å²) in [4.78, 5) is 0. The summed E-state index contributed by atoms with van der Waals surface area (Å²) in [5, 5.41) is 0. The highest BCUT2D eigenvalue weighted by atomic mass is 14.6. The minimum absolute atomic E-state index is 0.372. The molecule has 0 aromatic rings. The third-order valence-corrected chi connectivity index (χ3v) is 3.51. The first kappa shape index (κ1) is 11.0. The Morgan fingerprint density at radius 1 is 1.15 bits per heavy atom. The van der Waals surface area contributed by atoms with Gasteiger partial charge in [-0.3, -0.25) is 0 Å². The van der Waals surface area contributed by atoms with Crippen LogP contribution in [-0.2, 0) is 0 Å². The molecule has 78 valence electrons. The van der Waals surface area contributed by atoms with Crippen LogP contribution in [0.5, 0.6) is 0 Å². The quantitative estimate of drug-likeness (QED) is 0.711. The summed E-state index contributed by atoms with van der Waals surface area (Å²) in [7, 11) is 0. The summed E-state index contributed by atoms with van der Waals surface area (Å²) >= 11 is 0. The average Bonchev–Trinajstić information content (AvgIpc) is 2.17. The molecule has 0 aliphatic heterocycles. The van der Waals surface area contributed by atoms with Crippen molar-refractivity contribution in [1.82, 2.24) is 0 Å². The molecule has 1 fully saturated rings. The third-order valence-electron chi connectivity index (χ3n) is 3.51. The molecule has 1 aliphatic carbocycles. The van der Waals surface area contributed by atoms with Crippen LogP contribution >= 0.6 is 0 Å². The maximum atomic E-state index is 5.72. The number of hydrogen-bond acceptors (Lipinski definition) is 1. The van der Waals surface area contributed by atoms with E-state index in [0.29, 0.717) is 5.41 Å². The monoisotopic (exact) mass is 183 g/mol. The Hall–Kier alpha value is -0.0400. The highest BCUT2D eigenvalue weighted by molar-refractivity contribution is 4.73. The molecule has 1 heteroatoms. The predicted molar refractivity (Wildman–Crippen MR) is 58.6 cm³/mol. The molecule has 13 heavy (non-hydrogen) atoms. The average molecular weight is 183 g/mol. The summed E-state index contributed by atoms with van der Waals surface area (Å²) in [5.74, 6) is 1.01. The van der Waals surface area contributed by atoms with Crippen molar-refractivity contribution in [2.45, 2.75) is 58.8 Å². The van der Waals surface area contributed by atoms with Crippen molar-refractivity contribution in [3.8, 4) is 0 Å². The highest BCUT2D eigenvalue weighted by Crippen LogP contribution is 2.31. The lowest BCUT2D eigenvalue weighted by Gasteiger charge is -2.27. The molecule has 0 amide bonds. The van der Waals surface area contributed by atoms with Crippen molar-refractivity contribution in [3.63, 3.8) is 0 Å². The molecule has 0 saturated heterocycles. The van der Waals surface area contributed by atoms with Gasteiger partial charge in [-0.05, 0) is 30.7 Å². The van der Waals surface area contributed by atoms with E-state index in [1.807, 2.05) is 0 Å². The van der Waals surface area contributed by atoms with Gasteiger partial charge >= 0.3 is 0 Å². The van der Waals surface area contributed by atoms with Crippen LogP contribution in [0.2, 0.25) is 0 Å². The first-order valence-corrected chi connectivity index (χ1v) is 5.84. The standard InChI is InChI=1S/C12H25N/c1-12(2,10-13)9-8-11-6-4-3-5-7-11/h11H,3-10,13H2,1-2H3. The maximum Gasteiger partial charge on any atom is -0.00258 e. The van der Waals surface area contributed by atoms with Crippen molar-refractivity contribution < 1.29 is 0 Å². The van der Waals surface area contributed by atoms with Crippen LogP contribution < -0.4 is 5.73 Å². The minimum Gasteiger partial charge on any atom is -0.330 e. The molecule has 1 nitrogen and oxygen atoms in total. The Morgan fingerprint density at radius 3 is 2.31 bits per heavy atom. The molecule has 1 rings (SSSR count). The van der Waals surface area contributed by atoms with E-state index in [2.05, 4.69) is 13.8 Å². The first-order chi connectivity index (χ1) is 6.14. The third kappa shape index (κ3) is 4.12. The highest BCUT2D eigenvalue weighted by Gasteiger charge is 2.19. The lowest BCUT2D eigenvalue weighted by atomic mass is 9.80. The summed E-state index contributed by atoms with van der Waals surface area (Å²) in [6.07, 6.45) is 10.1. The zero-order valence-electron chi connectivity index (χ0n) is 9.31. The number of nitrogens with two attached hydrogens (primary N) is 1. The van der Waals surface area contributed by atoms with Crippen LogP contribution in [0.3, 0.4) is 0 Å². The van der Waals surface area contributed by atoms with Gasteiger partial charge in [0.05, 0.1) is 0 Å². The van der Waals surface area contributed by atoms with E-state index in [9.17, 15) is 0 Å². The Balaban J connectivity index is 2.17. The summed E-state index contributed by atoms with van der Waals surface area (Å²) in [5.41, 5.74) is 6.09. The first-order valence-electron chi connectivity index (χ1n) is 5.84. The summed E-state index contributed by atoms with van der Waals surface area (Å²) in [6.45, 7) is 5.41. The van der Waals surface area contributed by atoms with E-state index < -0.39 is 0 Å². The fourth-order valence-electron chi connectivity index (χ4n) is 2.17. The van der Waals surface area contributed by atoms with Gasteiger partial charge in [-0.1, -0.05) is 46.0 Å². The predicted octanol–water partition coefficient (Wildman–Crippen LogP) is 3.33. The van der Waals surface area contributed by atoms with Gasteiger partial charge < -0.3 is 5.73 Å². The second kappa shape index (κ2) is 4.99. The lowest BCUT2D eigenvalue weighted by molar-refractivity contribution is 0.263. The van der Waals surface area contributed by atoms with E-state index >= 15 is 0 Å². The molecule has 0 aromatic heterocycles. The van der Waals surface area contributed by atoms with Gasteiger partial charge in [0.15, 0.2) is 0 Å². The molecule has 0 spiro atoms. The van der Waals surface area contributed by atoms with Gasteiger partial charge in [-0.25, -0.2) is 0 Å². The van der Waals surface area contributed by atoms with Crippen LogP contribution in [0, 0.1) is 11.3 Å². The van der Waals surface area contributed by atoms with Crippen LogP contribution in [0.4, 0.5) is 0 Å². The van der Waals surface area contributed by atoms with Gasteiger partial charge in [-0.15, -0.1) is 0 Å². The largest absolute Gasteiger partial charge is 0.330 e. The Kier molecular flexibility index (Phi) is 4.24. The minimum atomic E-state index is 0.372. The lowest BCUT2D eigenvalue weighted by Crippen LogP contribution is -2.24.